The summed E-state index contributed by atoms with van der Waals surface area (Å²) in [6.07, 6.45) is 1.43. The van der Waals surface area contributed by atoms with Gasteiger partial charge in [-0.1, -0.05) is 0 Å². The topological polar surface area (TPSA) is 9.23 Å². The van der Waals surface area contributed by atoms with Gasteiger partial charge in [0, 0.05) is 9.99 Å². The lowest BCUT2D eigenvalue weighted by molar-refractivity contribution is 0.254. The summed E-state index contributed by atoms with van der Waals surface area (Å²) in [4.78, 5) is 0. The molecule has 58 valence electrons. The highest BCUT2D eigenvalue weighted by molar-refractivity contribution is 14.1. The molecule has 0 saturated carbocycles. The Morgan fingerprint density at radius 3 is 3.18 bits per heavy atom. The van der Waals surface area contributed by atoms with E-state index in [1.165, 1.54) is 9.13 Å². The fourth-order valence-corrected chi connectivity index (χ4v) is 1.95. The normalized spacial score (nSPS) is 21.1. The Kier molecular flexibility index (Phi) is 1.79. The van der Waals surface area contributed by atoms with Crippen LogP contribution in [0.1, 0.15) is 12.5 Å². The number of hydrogen-bond acceptors (Lipinski definition) is 1. The van der Waals surface area contributed by atoms with Crippen molar-refractivity contribution in [2.24, 2.45) is 0 Å². The third-order valence-corrected chi connectivity index (χ3v) is 2.53. The van der Waals surface area contributed by atoms with E-state index in [9.17, 15) is 0 Å². The maximum atomic E-state index is 5.56. The van der Waals surface area contributed by atoms with E-state index >= 15 is 0 Å². The van der Waals surface area contributed by atoms with Crippen LogP contribution in [0.2, 0.25) is 0 Å². The van der Waals surface area contributed by atoms with Crippen LogP contribution in [-0.2, 0) is 6.42 Å². The van der Waals surface area contributed by atoms with Crippen molar-refractivity contribution in [2.75, 3.05) is 0 Å². The molecule has 0 spiro atoms. The second-order valence-corrected chi connectivity index (χ2v) is 4.13. The van der Waals surface area contributed by atoms with Gasteiger partial charge in [0.15, 0.2) is 0 Å². The van der Waals surface area contributed by atoms with Crippen molar-refractivity contribution in [2.45, 2.75) is 19.4 Å². The number of rotatable bonds is 0. The molecule has 0 aromatic heterocycles. The molecule has 0 radical (unpaired) electrons. The first-order chi connectivity index (χ1) is 5.25. The summed E-state index contributed by atoms with van der Waals surface area (Å²) in [5, 5.41) is 0. The van der Waals surface area contributed by atoms with Crippen molar-refractivity contribution in [1.29, 1.82) is 0 Å². The summed E-state index contributed by atoms with van der Waals surface area (Å²) in [6, 6.07) is 6.33. The van der Waals surface area contributed by atoms with Gasteiger partial charge in [-0.3, -0.25) is 0 Å². The van der Waals surface area contributed by atoms with Gasteiger partial charge in [0.25, 0.3) is 0 Å². The highest BCUT2D eigenvalue weighted by Gasteiger charge is 2.18. The number of ether oxygens (including phenoxy) is 1. The fourth-order valence-electron chi connectivity index (χ4n) is 1.39. The van der Waals surface area contributed by atoms with Crippen LogP contribution in [-0.4, -0.2) is 6.10 Å². The quantitative estimate of drug-likeness (QED) is 0.651. The van der Waals surface area contributed by atoms with E-state index in [0.717, 1.165) is 12.2 Å². The number of halogens is 1. The zero-order chi connectivity index (χ0) is 7.84. The Bertz CT molecular complexity index is 283. The molecule has 1 aliphatic rings. The highest BCUT2D eigenvalue weighted by Crippen LogP contribution is 2.29. The molecule has 2 rings (SSSR count). The zero-order valence-electron chi connectivity index (χ0n) is 6.30. The Morgan fingerprint density at radius 1 is 1.55 bits per heavy atom. The summed E-state index contributed by atoms with van der Waals surface area (Å²) in [5.41, 5.74) is 1.35. The van der Waals surface area contributed by atoms with Crippen LogP contribution in [0.3, 0.4) is 0 Å². The van der Waals surface area contributed by atoms with Gasteiger partial charge in [-0.05, 0) is 53.3 Å². The molecular weight excluding hydrogens is 251 g/mol. The average Bonchev–Trinajstić information content (AvgIpc) is 2.27. The monoisotopic (exact) mass is 260 g/mol. The first-order valence-electron chi connectivity index (χ1n) is 3.71. The summed E-state index contributed by atoms with van der Waals surface area (Å²) in [6.45, 7) is 2.10. The first kappa shape index (κ1) is 7.40. The summed E-state index contributed by atoms with van der Waals surface area (Å²) in [7, 11) is 0. The molecule has 0 fully saturated rings. The molecule has 11 heavy (non-hydrogen) atoms. The van der Waals surface area contributed by atoms with Crippen molar-refractivity contribution in [3.8, 4) is 5.75 Å². The number of benzene rings is 1. The SMILES string of the molecule is C[C@@H]1Cc2cc(I)ccc2O1. The molecule has 1 heterocycles. The van der Waals surface area contributed by atoms with Crippen molar-refractivity contribution in [1.82, 2.24) is 0 Å². The van der Waals surface area contributed by atoms with Gasteiger partial charge < -0.3 is 4.74 Å². The fraction of sp³-hybridized carbons (Fsp3) is 0.333. The minimum Gasteiger partial charge on any atom is -0.490 e. The van der Waals surface area contributed by atoms with Gasteiger partial charge in [-0.25, -0.2) is 0 Å². The second kappa shape index (κ2) is 2.66. The maximum absolute atomic E-state index is 5.56. The molecule has 1 aromatic rings. The number of hydrogen-bond donors (Lipinski definition) is 0. The Morgan fingerprint density at radius 2 is 2.36 bits per heavy atom. The Balaban J connectivity index is 2.43. The zero-order valence-corrected chi connectivity index (χ0v) is 8.46. The summed E-state index contributed by atoms with van der Waals surface area (Å²) < 4.78 is 6.85. The van der Waals surface area contributed by atoms with Crippen molar-refractivity contribution >= 4 is 22.6 Å². The van der Waals surface area contributed by atoms with Crippen LogP contribution in [0.5, 0.6) is 5.75 Å². The minimum absolute atomic E-state index is 0.364. The molecule has 0 amide bonds. The van der Waals surface area contributed by atoms with Gasteiger partial charge in [0.05, 0.1) is 0 Å². The van der Waals surface area contributed by atoms with Crippen LogP contribution in [0, 0.1) is 3.57 Å². The van der Waals surface area contributed by atoms with Crippen molar-refractivity contribution < 1.29 is 4.74 Å². The second-order valence-electron chi connectivity index (χ2n) is 2.88. The van der Waals surface area contributed by atoms with Crippen molar-refractivity contribution in [3.63, 3.8) is 0 Å². The lowest BCUT2D eigenvalue weighted by Gasteiger charge is -2.01. The van der Waals surface area contributed by atoms with E-state index in [-0.39, 0.29) is 0 Å². The predicted molar refractivity (Wildman–Crippen MR) is 53.0 cm³/mol. The molecule has 0 saturated heterocycles. The average molecular weight is 260 g/mol. The molecule has 1 atom stereocenters. The van der Waals surface area contributed by atoms with Crippen LogP contribution in [0.25, 0.3) is 0 Å². The van der Waals surface area contributed by atoms with E-state index in [4.69, 9.17) is 4.74 Å². The molecule has 0 aliphatic carbocycles. The lowest BCUT2D eigenvalue weighted by atomic mass is 10.1. The molecule has 1 nitrogen and oxygen atoms in total. The summed E-state index contributed by atoms with van der Waals surface area (Å²) >= 11 is 2.32. The van der Waals surface area contributed by atoms with Crippen LogP contribution in [0.15, 0.2) is 18.2 Å². The number of fused-ring (bicyclic) bond motifs is 1. The third-order valence-electron chi connectivity index (χ3n) is 1.86. The van der Waals surface area contributed by atoms with Gasteiger partial charge in [-0.15, -0.1) is 0 Å². The molecule has 2 heteroatoms. The molecule has 1 aromatic carbocycles. The molecular formula is C9H9IO. The van der Waals surface area contributed by atoms with Gasteiger partial charge >= 0.3 is 0 Å². The molecule has 1 aliphatic heterocycles. The van der Waals surface area contributed by atoms with E-state index < -0.39 is 0 Å². The highest BCUT2D eigenvalue weighted by atomic mass is 127. The Hall–Kier alpha value is -0.250. The summed E-state index contributed by atoms with van der Waals surface area (Å²) in [5.74, 6) is 1.07. The van der Waals surface area contributed by atoms with E-state index in [2.05, 4.69) is 47.7 Å². The molecule has 0 N–H and O–H groups in total. The van der Waals surface area contributed by atoms with Crippen LogP contribution >= 0.6 is 22.6 Å². The lowest BCUT2D eigenvalue weighted by Crippen LogP contribution is -2.05. The molecule has 0 unspecified atom stereocenters. The van der Waals surface area contributed by atoms with E-state index in [1.807, 2.05) is 0 Å². The maximum Gasteiger partial charge on any atom is 0.123 e. The van der Waals surface area contributed by atoms with Gasteiger partial charge in [-0.2, -0.15) is 0 Å². The van der Waals surface area contributed by atoms with Crippen LogP contribution < -0.4 is 4.74 Å². The Labute approximate surface area is 79.9 Å². The first-order valence-corrected chi connectivity index (χ1v) is 4.78. The van der Waals surface area contributed by atoms with E-state index in [0.29, 0.717) is 6.10 Å². The molecule has 0 bridgehead atoms. The third kappa shape index (κ3) is 1.36. The smallest absolute Gasteiger partial charge is 0.123 e. The van der Waals surface area contributed by atoms with Gasteiger partial charge in [0.2, 0.25) is 0 Å². The van der Waals surface area contributed by atoms with E-state index in [1.54, 1.807) is 0 Å². The van der Waals surface area contributed by atoms with Crippen molar-refractivity contribution in [3.05, 3.63) is 27.3 Å². The van der Waals surface area contributed by atoms with Gasteiger partial charge in [0.1, 0.15) is 11.9 Å². The predicted octanol–water partition coefficient (Wildman–Crippen LogP) is 2.61. The minimum atomic E-state index is 0.364. The largest absolute Gasteiger partial charge is 0.490 e. The standard InChI is InChI=1S/C9H9IO/c1-6-4-7-5-8(10)2-3-9(7)11-6/h2-3,5-6H,4H2,1H3/t6-/m1/s1. The van der Waals surface area contributed by atoms with Crippen LogP contribution in [0.4, 0.5) is 0 Å².